The van der Waals surface area contributed by atoms with E-state index in [0.717, 1.165) is 0 Å². The van der Waals surface area contributed by atoms with E-state index in [1.807, 2.05) is 6.92 Å². The minimum absolute atomic E-state index is 0.108. The highest BCUT2D eigenvalue weighted by Gasteiger charge is 2.19. The number of benzene rings is 1. The van der Waals surface area contributed by atoms with Crippen LogP contribution in [0.15, 0.2) is 29.3 Å². The zero-order valence-electron chi connectivity index (χ0n) is 9.77. The van der Waals surface area contributed by atoms with Crippen LogP contribution in [-0.2, 0) is 0 Å². The maximum atomic E-state index is 13.8. The molecule has 1 unspecified atom stereocenters. The molecule has 1 aromatic carbocycles. The van der Waals surface area contributed by atoms with E-state index in [1.54, 1.807) is 6.08 Å². The van der Waals surface area contributed by atoms with E-state index in [0.29, 0.717) is 23.9 Å². The third-order valence-corrected chi connectivity index (χ3v) is 2.96. The van der Waals surface area contributed by atoms with Crippen molar-refractivity contribution in [1.29, 1.82) is 0 Å². The maximum absolute atomic E-state index is 13.8. The van der Waals surface area contributed by atoms with Gasteiger partial charge in [0.25, 0.3) is 0 Å². The number of halogens is 3. The predicted molar refractivity (Wildman–Crippen MR) is 69.9 cm³/mol. The monoisotopic (exact) mass is 303 g/mol. The molecule has 0 aromatic heterocycles. The van der Waals surface area contributed by atoms with Gasteiger partial charge in [0.2, 0.25) is 0 Å². The van der Waals surface area contributed by atoms with Gasteiger partial charge in [-0.2, -0.15) is 0 Å². The largest absolute Gasteiger partial charge is 0.310 e. The van der Waals surface area contributed by atoms with Crippen molar-refractivity contribution in [3.63, 3.8) is 0 Å². The van der Waals surface area contributed by atoms with Crippen molar-refractivity contribution in [3.8, 4) is 0 Å². The molecule has 1 rings (SSSR count). The SMILES string of the molecule is C=CCCC(NCC)c1c(F)cc(Br)cc1F. The molecule has 17 heavy (non-hydrogen) atoms. The second-order valence-electron chi connectivity index (χ2n) is 3.76. The Morgan fingerprint density at radius 1 is 1.41 bits per heavy atom. The van der Waals surface area contributed by atoms with Crippen LogP contribution >= 0.6 is 15.9 Å². The van der Waals surface area contributed by atoms with E-state index in [2.05, 4.69) is 27.8 Å². The van der Waals surface area contributed by atoms with Gasteiger partial charge >= 0.3 is 0 Å². The van der Waals surface area contributed by atoms with E-state index < -0.39 is 11.6 Å². The van der Waals surface area contributed by atoms with Crippen LogP contribution in [0.25, 0.3) is 0 Å². The van der Waals surface area contributed by atoms with Gasteiger partial charge < -0.3 is 5.32 Å². The normalized spacial score (nSPS) is 12.5. The fourth-order valence-corrected chi connectivity index (χ4v) is 2.17. The molecule has 0 fully saturated rings. The summed E-state index contributed by atoms with van der Waals surface area (Å²) >= 11 is 3.07. The average molecular weight is 304 g/mol. The Labute approximate surface area is 109 Å². The van der Waals surface area contributed by atoms with Gasteiger partial charge in [-0.1, -0.05) is 28.9 Å². The molecular formula is C13H16BrF2N. The van der Waals surface area contributed by atoms with E-state index in [9.17, 15) is 8.78 Å². The molecule has 0 spiro atoms. The van der Waals surface area contributed by atoms with Crippen molar-refractivity contribution in [2.45, 2.75) is 25.8 Å². The fraction of sp³-hybridized carbons (Fsp3) is 0.385. The minimum Gasteiger partial charge on any atom is -0.310 e. The zero-order chi connectivity index (χ0) is 12.8. The molecule has 0 aliphatic rings. The molecule has 4 heteroatoms. The van der Waals surface area contributed by atoms with Crippen LogP contribution in [0.1, 0.15) is 31.4 Å². The molecule has 0 saturated heterocycles. The number of nitrogens with one attached hydrogen (secondary N) is 1. The molecule has 0 amide bonds. The summed E-state index contributed by atoms with van der Waals surface area (Å²) in [6, 6.07) is 2.26. The van der Waals surface area contributed by atoms with Gasteiger partial charge in [-0.3, -0.25) is 0 Å². The summed E-state index contributed by atoms with van der Waals surface area (Å²) < 4.78 is 28.0. The second-order valence-corrected chi connectivity index (χ2v) is 4.68. The lowest BCUT2D eigenvalue weighted by atomic mass is 10.0. The Bertz CT molecular complexity index is 370. The number of rotatable bonds is 6. The second kappa shape index (κ2) is 6.87. The van der Waals surface area contributed by atoms with Crippen LogP contribution in [0, 0.1) is 11.6 Å². The summed E-state index contributed by atoms with van der Waals surface area (Å²) in [6.45, 7) is 6.20. The van der Waals surface area contributed by atoms with Crippen molar-refractivity contribution >= 4 is 15.9 Å². The van der Waals surface area contributed by atoms with Crippen molar-refractivity contribution in [2.75, 3.05) is 6.54 Å². The quantitative estimate of drug-likeness (QED) is 0.771. The minimum atomic E-state index is -0.521. The topological polar surface area (TPSA) is 12.0 Å². The van der Waals surface area contributed by atoms with Gasteiger partial charge in [0, 0.05) is 16.1 Å². The summed E-state index contributed by atoms with van der Waals surface area (Å²) in [5.74, 6) is -1.04. The molecular weight excluding hydrogens is 288 g/mol. The van der Waals surface area contributed by atoms with Gasteiger partial charge in [-0.05, 0) is 31.5 Å². The summed E-state index contributed by atoms with van der Waals surface area (Å²) in [6.07, 6.45) is 3.10. The van der Waals surface area contributed by atoms with Crippen LogP contribution in [0.2, 0.25) is 0 Å². The average Bonchev–Trinajstić information content (AvgIpc) is 2.24. The Kier molecular flexibility index (Phi) is 5.78. The maximum Gasteiger partial charge on any atom is 0.132 e. The zero-order valence-corrected chi connectivity index (χ0v) is 11.4. The first-order valence-electron chi connectivity index (χ1n) is 5.58. The molecule has 1 aromatic rings. The molecule has 1 nitrogen and oxygen atoms in total. The lowest BCUT2D eigenvalue weighted by molar-refractivity contribution is 0.456. The molecule has 0 aliphatic heterocycles. The highest BCUT2D eigenvalue weighted by atomic mass is 79.9. The first-order valence-corrected chi connectivity index (χ1v) is 6.38. The van der Waals surface area contributed by atoms with Gasteiger partial charge in [0.15, 0.2) is 0 Å². The Balaban J connectivity index is 3.03. The van der Waals surface area contributed by atoms with E-state index >= 15 is 0 Å². The lowest BCUT2D eigenvalue weighted by Gasteiger charge is -2.19. The van der Waals surface area contributed by atoms with E-state index in [1.165, 1.54) is 12.1 Å². The number of hydrogen-bond donors (Lipinski definition) is 1. The molecule has 1 atom stereocenters. The van der Waals surface area contributed by atoms with Gasteiger partial charge in [-0.25, -0.2) is 8.78 Å². The predicted octanol–water partition coefficient (Wildman–Crippen LogP) is 4.34. The van der Waals surface area contributed by atoms with Crippen molar-refractivity contribution in [1.82, 2.24) is 5.32 Å². The van der Waals surface area contributed by atoms with Crippen LogP contribution < -0.4 is 5.32 Å². The number of hydrogen-bond acceptors (Lipinski definition) is 1. The standard InChI is InChI=1S/C13H16BrF2N/c1-3-5-6-12(17-4-2)13-10(15)7-9(14)8-11(13)16/h3,7-8,12,17H,1,4-6H2,2H3. The van der Waals surface area contributed by atoms with Gasteiger partial charge in [-0.15, -0.1) is 6.58 Å². The lowest BCUT2D eigenvalue weighted by Crippen LogP contribution is -2.23. The Morgan fingerprint density at radius 2 is 2.00 bits per heavy atom. The third kappa shape index (κ3) is 3.89. The molecule has 0 aliphatic carbocycles. The first-order chi connectivity index (χ1) is 8.10. The van der Waals surface area contributed by atoms with Gasteiger partial charge in [0.05, 0.1) is 0 Å². The molecule has 1 N–H and O–H groups in total. The van der Waals surface area contributed by atoms with Crippen molar-refractivity contribution in [2.24, 2.45) is 0 Å². The van der Waals surface area contributed by atoms with Crippen LogP contribution in [-0.4, -0.2) is 6.54 Å². The van der Waals surface area contributed by atoms with E-state index in [-0.39, 0.29) is 11.6 Å². The van der Waals surface area contributed by atoms with Gasteiger partial charge in [0.1, 0.15) is 11.6 Å². The van der Waals surface area contributed by atoms with Crippen LogP contribution in [0.3, 0.4) is 0 Å². The molecule has 94 valence electrons. The highest BCUT2D eigenvalue weighted by molar-refractivity contribution is 9.10. The van der Waals surface area contributed by atoms with Crippen molar-refractivity contribution in [3.05, 3.63) is 46.5 Å². The Morgan fingerprint density at radius 3 is 2.47 bits per heavy atom. The summed E-state index contributed by atoms with van der Waals surface area (Å²) in [5.41, 5.74) is 0.108. The first kappa shape index (κ1) is 14.3. The van der Waals surface area contributed by atoms with Crippen LogP contribution in [0.5, 0.6) is 0 Å². The third-order valence-electron chi connectivity index (χ3n) is 2.50. The summed E-state index contributed by atoms with van der Waals surface area (Å²) in [5, 5.41) is 3.09. The molecule has 0 radical (unpaired) electrons. The smallest absolute Gasteiger partial charge is 0.132 e. The number of allylic oxidation sites excluding steroid dienone is 1. The van der Waals surface area contributed by atoms with Crippen LogP contribution in [0.4, 0.5) is 8.78 Å². The highest BCUT2D eigenvalue weighted by Crippen LogP contribution is 2.27. The molecule has 0 bridgehead atoms. The van der Waals surface area contributed by atoms with Crippen molar-refractivity contribution < 1.29 is 8.78 Å². The summed E-state index contributed by atoms with van der Waals surface area (Å²) in [7, 11) is 0. The molecule has 0 saturated carbocycles. The fourth-order valence-electron chi connectivity index (χ4n) is 1.77. The summed E-state index contributed by atoms with van der Waals surface area (Å²) in [4.78, 5) is 0. The van der Waals surface area contributed by atoms with E-state index in [4.69, 9.17) is 0 Å². The molecule has 0 heterocycles. The Hall–Kier alpha value is -0.740.